The van der Waals surface area contributed by atoms with Crippen molar-refractivity contribution in [3.63, 3.8) is 0 Å². The molecule has 3 amide bonds. The van der Waals surface area contributed by atoms with Gasteiger partial charge in [-0.25, -0.2) is 4.79 Å². The molecule has 5 rings (SSSR count). The van der Waals surface area contributed by atoms with Crippen LogP contribution in [0, 0.1) is 23.7 Å². The lowest BCUT2D eigenvalue weighted by Gasteiger charge is -2.19. The number of carbonyl (C=O) groups is 4. The van der Waals surface area contributed by atoms with E-state index in [9.17, 15) is 19.2 Å². The Balaban J connectivity index is 1.25. The summed E-state index contributed by atoms with van der Waals surface area (Å²) in [4.78, 5) is 51.9. The highest BCUT2D eigenvalue weighted by atomic mass is 35.5. The number of amides is 3. The van der Waals surface area contributed by atoms with E-state index in [1.807, 2.05) is 0 Å². The zero-order valence-electron chi connectivity index (χ0n) is 17.4. The van der Waals surface area contributed by atoms with Crippen LogP contribution in [0.2, 0.25) is 10.0 Å². The SMILES string of the molecule is O=C(COC(=O)c1cccc(N2C(=O)[C@@H]3[C@H]4CC[C@@H](C4)[C@H]3C2=O)c1)Nc1ccc(Cl)cc1Cl. The van der Waals surface area contributed by atoms with E-state index < -0.39 is 18.5 Å². The number of hydrogen-bond acceptors (Lipinski definition) is 5. The van der Waals surface area contributed by atoms with Crippen molar-refractivity contribution in [2.45, 2.75) is 19.3 Å². The van der Waals surface area contributed by atoms with Crippen molar-refractivity contribution in [3.8, 4) is 0 Å². The summed E-state index contributed by atoms with van der Waals surface area (Å²) < 4.78 is 5.11. The Morgan fingerprint density at radius 2 is 1.70 bits per heavy atom. The first-order chi connectivity index (χ1) is 15.8. The lowest BCUT2D eigenvalue weighted by atomic mass is 9.81. The quantitative estimate of drug-likeness (QED) is 0.501. The van der Waals surface area contributed by atoms with Gasteiger partial charge in [0.1, 0.15) is 0 Å². The molecule has 0 spiro atoms. The van der Waals surface area contributed by atoms with Crippen LogP contribution < -0.4 is 10.2 Å². The molecule has 33 heavy (non-hydrogen) atoms. The van der Waals surface area contributed by atoms with Gasteiger partial charge in [0, 0.05) is 5.02 Å². The number of fused-ring (bicyclic) bond motifs is 5. The smallest absolute Gasteiger partial charge is 0.338 e. The third kappa shape index (κ3) is 3.89. The highest BCUT2D eigenvalue weighted by Crippen LogP contribution is 2.56. The molecule has 0 unspecified atom stereocenters. The fourth-order valence-electron chi connectivity index (χ4n) is 5.43. The normalized spacial score (nSPS) is 25.3. The zero-order valence-corrected chi connectivity index (χ0v) is 18.9. The average molecular weight is 487 g/mol. The number of hydrogen-bond donors (Lipinski definition) is 1. The van der Waals surface area contributed by atoms with Crippen LogP contribution >= 0.6 is 23.2 Å². The van der Waals surface area contributed by atoms with E-state index in [0.717, 1.165) is 19.3 Å². The lowest BCUT2D eigenvalue weighted by molar-refractivity contribution is -0.123. The summed E-state index contributed by atoms with van der Waals surface area (Å²) in [6.45, 7) is -0.531. The van der Waals surface area contributed by atoms with Crippen molar-refractivity contribution in [2.75, 3.05) is 16.8 Å². The van der Waals surface area contributed by atoms with E-state index in [4.69, 9.17) is 27.9 Å². The molecule has 2 aromatic rings. The fraction of sp³-hybridized carbons (Fsp3) is 0.333. The van der Waals surface area contributed by atoms with Crippen LogP contribution in [0.5, 0.6) is 0 Å². The molecule has 1 saturated heterocycles. The minimum atomic E-state index is -0.742. The number of nitrogens with zero attached hydrogens (tertiary/aromatic N) is 1. The summed E-state index contributed by atoms with van der Waals surface area (Å²) >= 11 is 11.9. The third-order valence-electron chi connectivity index (χ3n) is 6.81. The van der Waals surface area contributed by atoms with Gasteiger partial charge in [0.2, 0.25) is 11.8 Å². The second-order valence-corrected chi connectivity index (χ2v) is 9.54. The van der Waals surface area contributed by atoms with Crippen LogP contribution in [0.1, 0.15) is 29.6 Å². The van der Waals surface area contributed by atoms with Gasteiger partial charge in [0.25, 0.3) is 5.91 Å². The summed E-state index contributed by atoms with van der Waals surface area (Å²) in [6, 6.07) is 10.8. The van der Waals surface area contributed by atoms with Gasteiger partial charge in [-0.15, -0.1) is 0 Å². The van der Waals surface area contributed by atoms with Crippen molar-refractivity contribution in [1.82, 2.24) is 0 Å². The minimum Gasteiger partial charge on any atom is -0.452 e. The van der Waals surface area contributed by atoms with Gasteiger partial charge >= 0.3 is 5.97 Å². The topological polar surface area (TPSA) is 92.8 Å². The molecule has 2 saturated carbocycles. The van der Waals surface area contributed by atoms with E-state index in [1.165, 1.54) is 23.1 Å². The predicted molar refractivity (Wildman–Crippen MR) is 122 cm³/mol. The van der Waals surface area contributed by atoms with E-state index >= 15 is 0 Å². The van der Waals surface area contributed by atoms with Crippen LogP contribution in [0.3, 0.4) is 0 Å². The molecule has 7 nitrogen and oxygen atoms in total. The second-order valence-electron chi connectivity index (χ2n) is 8.70. The van der Waals surface area contributed by atoms with Gasteiger partial charge in [-0.2, -0.15) is 0 Å². The largest absolute Gasteiger partial charge is 0.452 e. The Morgan fingerprint density at radius 3 is 2.36 bits per heavy atom. The molecule has 170 valence electrons. The van der Waals surface area contributed by atoms with E-state index in [-0.39, 0.29) is 46.1 Å². The Kier molecular flexibility index (Phi) is 5.62. The maximum Gasteiger partial charge on any atom is 0.338 e. The fourth-order valence-corrected chi connectivity index (χ4v) is 5.88. The zero-order chi connectivity index (χ0) is 23.3. The number of benzene rings is 2. The first kappa shape index (κ1) is 21.9. The van der Waals surface area contributed by atoms with Crippen LogP contribution in [0.15, 0.2) is 42.5 Å². The lowest BCUT2D eigenvalue weighted by Crippen LogP contribution is -2.32. The van der Waals surface area contributed by atoms with E-state index in [2.05, 4.69) is 5.32 Å². The van der Waals surface area contributed by atoms with Gasteiger partial charge in [-0.05, 0) is 67.5 Å². The number of anilines is 2. The van der Waals surface area contributed by atoms with Crippen molar-refractivity contribution in [3.05, 3.63) is 58.1 Å². The molecule has 0 radical (unpaired) electrons. The first-order valence-electron chi connectivity index (χ1n) is 10.7. The van der Waals surface area contributed by atoms with Crippen molar-refractivity contribution < 1.29 is 23.9 Å². The van der Waals surface area contributed by atoms with Gasteiger partial charge in [-0.1, -0.05) is 29.3 Å². The molecule has 4 atom stereocenters. The molecule has 3 aliphatic rings. The van der Waals surface area contributed by atoms with Crippen LogP contribution in [-0.2, 0) is 19.1 Å². The molecule has 1 heterocycles. The highest BCUT2D eigenvalue weighted by molar-refractivity contribution is 6.36. The third-order valence-corrected chi connectivity index (χ3v) is 7.35. The van der Waals surface area contributed by atoms with Gasteiger partial charge < -0.3 is 10.1 Å². The molecular weight excluding hydrogens is 467 g/mol. The molecule has 1 N–H and O–H groups in total. The van der Waals surface area contributed by atoms with Crippen molar-refractivity contribution in [2.24, 2.45) is 23.7 Å². The standard InChI is InChI=1S/C24H20Cl2N2O5/c25-15-6-7-18(17(26)10-15)27-19(29)11-33-24(32)14-2-1-3-16(9-14)28-22(30)20-12-4-5-13(8-12)21(20)23(28)31/h1-3,6-7,9-10,12-13,20-21H,4-5,8,11H2,(H,27,29)/t12-,13-,20+,21+/m0/s1. The van der Waals surface area contributed by atoms with Gasteiger partial charge in [0.05, 0.1) is 33.8 Å². The summed E-state index contributed by atoms with van der Waals surface area (Å²) in [5.41, 5.74) is 0.839. The molecule has 9 heteroatoms. The molecule has 2 aliphatic carbocycles. The van der Waals surface area contributed by atoms with Gasteiger partial charge in [-0.3, -0.25) is 19.3 Å². The maximum atomic E-state index is 13.0. The van der Waals surface area contributed by atoms with Crippen LogP contribution in [-0.4, -0.2) is 30.3 Å². The average Bonchev–Trinajstić information content (AvgIpc) is 3.48. The number of imide groups is 1. The summed E-state index contributed by atoms with van der Waals surface area (Å²) in [7, 11) is 0. The maximum absolute atomic E-state index is 13.0. The second kappa shape index (κ2) is 8.47. The van der Waals surface area contributed by atoms with Gasteiger partial charge in [0.15, 0.2) is 6.61 Å². The molecule has 1 aliphatic heterocycles. The minimum absolute atomic E-state index is 0.144. The molecule has 0 aromatic heterocycles. The Morgan fingerprint density at radius 1 is 1.00 bits per heavy atom. The summed E-state index contributed by atoms with van der Waals surface area (Å²) in [5, 5.41) is 3.23. The van der Waals surface area contributed by atoms with Crippen LogP contribution in [0.25, 0.3) is 0 Å². The summed E-state index contributed by atoms with van der Waals surface area (Å²) in [6.07, 6.45) is 2.94. The predicted octanol–water partition coefficient (Wildman–Crippen LogP) is 4.32. The van der Waals surface area contributed by atoms with E-state index in [1.54, 1.807) is 24.3 Å². The number of rotatable bonds is 5. The molecule has 3 fully saturated rings. The number of halogens is 2. The Bertz CT molecular complexity index is 1160. The van der Waals surface area contributed by atoms with E-state index in [0.29, 0.717) is 16.4 Å². The van der Waals surface area contributed by atoms with Crippen molar-refractivity contribution >= 4 is 58.3 Å². The number of esters is 1. The monoisotopic (exact) mass is 486 g/mol. The highest BCUT2D eigenvalue weighted by Gasteiger charge is 2.61. The summed E-state index contributed by atoms with van der Waals surface area (Å²) in [5.74, 6) is -1.59. The number of carbonyl (C=O) groups excluding carboxylic acids is 4. The number of nitrogens with one attached hydrogen (secondary N) is 1. The Labute approximate surface area is 200 Å². The molecule has 2 aromatic carbocycles. The first-order valence-corrected chi connectivity index (χ1v) is 11.5. The van der Waals surface area contributed by atoms with Crippen LogP contribution in [0.4, 0.5) is 11.4 Å². The molecular formula is C24H20Cl2N2O5. The Hall–Kier alpha value is -2.90. The number of ether oxygens (including phenoxy) is 1. The van der Waals surface area contributed by atoms with Crippen molar-refractivity contribution in [1.29, 1.82) is 0 Å². The molecule has 2 bridgehead atoms.